The van der Waals surface area contributed by atoms with E-state index in [0.717, 1.165) is 17.9 Å². The minimum atomic E-state index is 0.714. The zero-order chi connectivity index (χ0) is 11.5. The smallest absolute Gasteiger partial charge is 0.0209 e. The normalized spacial score (nSPS) is 28.9. The van der Waals surface area contributed by atoms with Crippen LogP contribution in [0.1, 0.15) is 46.5 Å². The van der Waals surface area contributed by atoms with E-state index in [4.69, 9.17) is 0 Å². The van der Waals surface area contributed by atoms with Gasteiger partial charge in [-0.25, -0.2) is 0 Å². The molecule has 2 rings (SSSR count). The molecule has 1 saturated heterocycles. The molecule has 2 atom stereocenters. The van der Waals surface area contributed by atoms with Crippen LogP contribution in [0, 0.1) is 11.8 Å². The van der Waals surface area contributed by atoms with Gasteiger partial charge in [-0.3, -0.25) is 0 Å². The fraction of sp³-hybridized carbons (Fsp3) is 1.00. The standard InChI is InChI=1S/C14H28N2/c1-4-14(11(2)3)15-13-7-8-16(10-13)9-12-5-6-12/h11-15H,4-10H2,1-3H3. The average Bonchev–Trinajstić information content (AvgIpc) is 2.93. The van der Waals surface area contributed by atoms with Gasteiger partial charge in [-0.15, -0.1) is 0 Å². The van der Waals surface area contributed by atoms with Gasteiger partial charge in [0.25, 0.3) is 0 Å². The molecule has 1 N–H and O–H groups in total. The Morgan fingerprint density at radius 3 is 2.56 bits per heavy atom. The predicted octanol–water partition coefficient (Wildman–Crippen LogP) is 2.49. The summed E-state index contributed by atoms with van der Waals surface area (Å²) in [6.07, 6.45) is 5.59. The van der Waals surface area contributed by atoms with E-state index in [1.165, 1.54) is 45.3 Å². The number of hydrogen-bond donors (Lipinski definition) is 1. The van der Waals surface area contributed by atoms with Crippen molar-refractivity contribution in [1.82, 2.24) is 10.2 Å². The van der Waals surface area contributed by atoms with Crippen LogP contribution in [0.2, 0.25) is 0 Å². The van der Waals surface area contributed by atoms with Crippen molar-refractivity contribution in [2.75, 3.05) is 19.6 Å². The first-order valence-corrected chi connectivity index (χ1v) is 7.17. The summed E-state index contributed by atoms with van der Waals surface area (Å²) in [6.45, 7) is 10.9. The van der Waals surface area contributed by atoms with Crippen LogP contribution in [0.4, 0.5) is 0 Å². The van der Waals surface area contributed by atoms with Gasteiger partial charge in [-0.05, 0) is 44.1 Å². The third-order valence-corrected chi connectivity index (χ3v) is 4.18. The minimum absolute atomic E-state index is 0.714. The van der Waals surface area contributed by atoms with Crippen molar-refractivity contribution in [2.24, 2.45) is 11.8 Å². The largest absolute Gasteiger partial charge is 0.310 e. The zero-order valence-electron chi connectivity index (χ0n) is 11.2. The highest BCUT2D eigenvalue weighted by molar-refractivity contribution is 4.87. The summed E-state index contributed by atoms with van der Waals surface area (Å²) in [7, 11) is 0. The molecule has 0 aromatic rings. The monoisotopic (exact) mass is 224 g/mol. The Hall–Kier alpha value is -0.0800. The van der Waals surface area contributed by atoms with Gasteiger partial charge in [0.2, 0.25) is 0 Å². The maximum Gasteiger partial charge on any atom is 0.0209 e. The van der Waals surface area contributed by atoms with E-state index in [-0.39, 0.29) is 0 Å². The van der Waals surface area contributed by atoms with Gasteiger partial charge in [0.05, 0.1) is 0 Å². The lowest BCUT2D eigenvalue weighted by molar-refractivity contribution is 0.296. The van der Waals surface area contributed by atoms with Crippen LogP contribution in [0.5, 0.6) is 0 Å². The van der Waals surface area contributed by atoms with Crippen molar-refractivity contribution in [3.05, 3.63) is 0 Å². The molecule has 1 aliphatic heterocycles. The van der Waals surface area contributed by atoms with Gasteiger partial charge in [-0.2, -0.15) is 0 Å². The Morgan fingerprint density at radius 1 is 1.25 bits per heavy atom. The van der Waals surface area contributed by atoms with Crippen LogP contribution < -0.4 is 5.32 Å². The summed E-state index contributed by atoms with van der Waals surface area (Å²) < 4.78 is 0. The first-order chi connectivity index (χ1) is 7.69. The minimum Gasteiger partial charge on any atom is -0.310 e. The topological polar surface area (TPSA) is 15.3 Å². The van der Waals surface area contributed by atoms with Crippen molar-refractivity contribution in [1.29, 1.82) is 0 Å². The van der Waals surface area contributed by atoms with Crippen LogP contribution >= 0.6 is 0 Å². The van der Waals surface area contributed by atoms with Crippen LogP contribution in [0.3, 0.4) is 0 Å². The SMILES string of the molecule is CCC(NC1CCN(CC2CC2)C1)C(C)C. The Balaban J connectivity index is 1.70. The fourth-order valence-electron chi connectivity index (χ4n) is 2.88. The van der Waals surface area contributed by atoms with Crippen molar-refractivity contribution >= 4 is 0 Å². The molecular formula is C14H28N2. The third-order valence-electron chi connectivity index (χ3n) is 4.18. The fourth-order valence-corrected chi connectivity index (χ4v) is 2.88. The van der Waals surface area contributed by atoms with Gasteiger partial charge in [-0.1, -0.05) is 20.8 Å². The zero-order valence-corrected chi connectivity index (χ0v) is 11.2. The molecule has 1 heterocycles. The maximum atomic E-state index is 3.85. The second kappa shape index (κ2) is 5.50. The molecule has 2 fully saturated rings. The van der Waals surface area contributed by atoms with E-state index in [0.29, 0.717) is 6.04 Å². The molecule has 0 amide bonds. The van der Waals surface area contributed by atoms with Crippen molar-refractivity contribution in [2.45, 2.75) is 58.5 Å². The predicted molar refractivity (Wildman–Crippen MR) is 69.6 cm³/mol. The average molecular weight is 224 g/mol. The van der Waals surface area contributed by atoms with Crippen LogP contribution in [0.25, 0.3) is 0 Å². The Labute approximate surface area is 101 Å². The van der Waals surface area contributed by atoms with Crippen LogP contribution in [-0.4, -0.2) is 36.6 Å². The molecule has 2 nitrogen and oxygen atoms in total. The summed E-state index contributed by atoms with van der Waals surface area (Å²) in [5.41, 5.74) is 0. The molecule has 0 bridgehead atoms. The Kier molecular flexibility index (Phi) is 4.26. The van der Waals surface area contributed by atoms with E-state index in [2.05, 4.69) is 31.0 Å². The first-order valence-electron chi connectivity index (χ1n) is 7.17. The molecule has 2 unspecified atom stereocenters. The molecule has 0 radical (unpaired) electrons. The first kappa shape index (κ1) is 12.4. The second-order valence-corrected chi connectivity index (χ2v) is 6.11. The van der Waals surface area contributed by atoms with Crippen LogP contribution in [0.15, 0.2) is 0 Å². The molecule has 2 aliphatic rings. The van der Waals surface area contributed by atoms with Gasteiger partial charge in [0.1, 0.15) is 0 Å². The van der Waals surface area contributed by atoms with Gasteiger partial charge < -0.3 is 10.2 Å². The van der Waals surface area contributed by atoms with E-state index < -0.39 is 0 Å². The van der Waals surface area contributed by atoms with Crippen molar-refractivity contribution in [3.63, 3.8) is 0 Å². The van der Waals surface area contributed by atoms with E-state index in [1.54, 1.807) is 0 Å². The van der Waals surface area contributed by atoms with Gasteiger partial charge in [0.15, 0.2) is 0 Å². The molecule has 94 valence electrons. The highest BCUT2D eigenvalue weighted by Crippen LogP contribution is 2.30. The molecule has 2 heteroatoms. The molecule has 0 aromatic heterocycles. The number of rotatable bonds is 6. The van der Waals surface area contributed by atoms with Crippen molar-refractivity contribution in [3.8, 4) is 0 Å². The number of hydrogen-bond acceptors (Lipinski definition) is 2. The van der Waals surface area contributed by atoms with Gasteiger partial charge in [0, 0.05) is 25.2 Å². The quantitative estimate of drug-likeness (QED) is 0.746. The third kappa shape index (κ3) is 3.46. The van der Waals surface area contributed by atoms with Crippen LogP contribution in [-0.2, 0) is 0 Å². The molecule has 1 aliphatic carbocycles. The molecule has 0 spiro atoms. The van der Waals surface area contributed by atoms with E-state index in [9.17, 15) is 0 Å². The maximum absolute atomic E-state index is 3.85. The van der Waals surface area contributed by atoms with E-state index >= 15 is 0 Å². The Bertz CT molecular complexity index is 211. The van der Waals surface area contributed by atoms with Crippen molar-refractivity contribution < 1.29 is 0 Å². The lowest BCUT2D eigenvalue weighted by Crippen LogP contribution is -2.42. The Morgan fingerprint density at radius 2 is 2.00 bits per heavy atom. The molecule has 16 heavy (non-hydrogen) atoms. The molecule has 0 aromatic carbocycles. The molecular weight excluding hydrogens is 196 g/mol. The molecule has 1 saturated carbocycles. The summed E-state index contributed by atoms with van der Waals surface area (Å²) >= 11 is 0. The number of nitrogens with zero attached hydrogens (tertiary/aromatic N) is 1. The lowest BCUT2D eigenvalue weighted by Gasteiger charge is -2.25. The second-order valence-electron chi connectivity index (χ2n) is 6.11. The van der Waals surface area contributed by atoms with E-state index in [1.807, 2.05) is 0 Å². The summed E-state index contributed by atoms with van der Waals surface area (Å²) in [4.78, 5) is 2.67. The summed E-state index contributed by atoms with van der Waals surface area (Å²) in [6, 6.07) is 1.47. The highest BCUT2D eigenvalue weighted by Gasteiger charge is 2.29. The lowest BCUT2D eigenvalue weighted by atomic mass is 10.0. The number of nitrogens with one attached hydrogen (secondary N) is 1. The summed E-state index contributed by atoms with van der Waals surface area (Å²) in [5, 5.41) is 3.85. The highest BCUT2D eigenvalue weighted by atomic mass is 15.2. The number of likely N-dealkylation sites (tertiary alicyclic amines) is 1. The van der Waals surface area contributed by atoms with Gasteiger partial charge >= 0.3 is 0 Å². The summed E-state index contributed by atoms with van der Waals surface area (Å²) in [5.74, 6) is 1.81.